The first kappa shape index (κ1) is 9.92. The van der Waals surface area contributed by atoms with Crippen molar-refractivity contribution in [1.29, 1.82) is 0 Å². The summed E-state index contributed by atoms with van der Waals surface area (Å²) in [6.45, 7) is 5.50. The molecule has 4 heteroatoms. The van der Waals surface area contributed by atoms with Crippen LogP contribution in [0.2, 0.25) is 0 Å². The molecule has 0 spiro atoms. The summed E-state index contributed by atoms with van der Waals surface area (Å²) < 4.78 is 5.09. The number of hydrogen-bond donors (Lipinski definition) is 1. The number of carbonyl (C=O) groups excluding carboxylic acids is 1. The summed E-state index contributed by atoms with van der Waals surface area (Å²) in [6.07, 6.45) is -1.13. The zero-order valence-electron chi connectivity index (χ0n) is 8.00. The summed E-state index contributed by atoms with van der Waals surface area (Å²) in [7, 11) is 0. The zero-order valence-corrected chi connectivity index (χ0v) is 8.00. The second-order valence-electron chi connectivity index (χ2n) is 2.87. The monoisotopic (exact) mass is 183 g/mol. The molecule has 1 aliphatic heterocycles. The van der Waals surface area contributed by atoms with Crippen LogP contribution in [0.15, 0.2) is 16.4 Å². The predicted molar refractivity (Wildman–Crippen MR) is 48.4 cm³/mol. The molecule has 0 aromatic heterocycles. The van der Waals surface area contributed by atoms with Gasteiger partial charge in [-0.15, -0.1) is 0 Å². The molecular formula is C9H13NO3. The maximum absolute atomic E-state index is 11.4. The molecule has 0 aromatic carbocycles. The summed E-state index contributed by atoms with van der Waals surface area (Å²) in [5.41, 5.74) is 0.959. The van der Waals surface area contributed by atoms with Crippen LogP contribution in [0.4, 0.5) is 0 Å². The number of aliphatic imine (C=N–C) groups is 1. The van der Waals surface area contributed by atoms with Crippen LogP contribution in [0.25, 0.3) is 0 Å². The van der Waals surface area contributed by atoms with Crippen LogP contribution in [-0.4, -0.2) is 29.3 Å². The lowest BCUT2D eigenvalue weighted by atomic mass is 10.1. The lowest BCUT2D eigenvalue weighted by Crippen LogP contribution is -2.33. The van der Waals surface area contributed by atoms with Crippen molar-refractivity contribution in [3.63, 3.8) is 0 Å². The average Bonchev–Trinajstić information content (AvgIpc) is 2.09. The smallest absolute Gasteiger partial charge is 0.233 e. The first-order chi connectivity index (χ1) is 6.07. The van der Waals surface area contributed by atoms with Crippen molar-refractivity contribution in [3.05, 3.63) is 11.5 Å². The summed E-state index contributed by atoms with van der Waals surface area (Å²) in [4.78, 5) is 15.4. The van der Waals surface area contributed by atoms with Crippen LogP contribution in [0.5, 0.6) is 0 Å². The quantitative estimate of drug-likeness (QED) is 0.684. The van der Waals surface area contributed by atoms with Crippen molar-refractivity contribution in [1.82, 2.24) is 0 Å². The zero-order chi connectivity index (χ0) is 10.0. The Kier molecular flexibility index (Phi) is 2.83. The van der Waals surface area contributed by atoms with Crippen molar-refractivity contribution in [2.45, 2.75) is 26.9 Å². The molecule has 1 N–H and O–H groups in total. The minimum atomic E-state index is -1.13. The van der Waals surface area contributed by atoms with Crippen LogP contribution >= 0.6 is 0 Å². The third-order valence-electron chi connectivity index (χ3n) is 1.83. The summed E-state index contributed by atoms with van der Waals surface area (Å²) in [5.74, 6) is -0.215. The first-order valence-corrected chi connectivity index (χ1v) is 4.19. The predicted octanol–water partition coefficient (Wildman–Crippen LogP) is 0.659. The van der Waals surface area contributed by atoms with Gasteiger partial charge >= 0.3 is 0 Å². The van der Waals surface area contributed by atoms with E-state index >= 15 is 0 Å². The minimum absolute atomic E-state index is 0.181. The topological polar surface area (TPSA) is 58.9 Å². The van der Waals surface area contributed by atoms with Gasteiger partial charge in [-0.1, -0.05) is 0 Å². The van der Waals surface area contributed by atoms with Crippen LogP contribution in [0.3, 0.4) is 0 Å². The van der Waals surface area contributed by atoms with Gasteiger partial charge in [0.05, 0.1) is 18.0 Å². The van der Waals surface area contributed by atoms with E-state index in [0.717, 1.165) is 0 Å². The number of carbonyl (C=O) groups is 1. The fraction of sp³-hybridized carbons (Fsp3) is 0.556. The number of nitrogens with zero attached hydrogens (tertiary/aromatic N) is 1. The molecule has 0 saturated heterocycles. The SMILES string of the molecule is CCOC1=C(C)N=C(C)C(O)C1=O. The summed E-state index contributed by atoms with van der Waals surface area (Å²) >= 11 is 0. The number of Topliss-reactive ketones (excluding diaryl/α,β-unsaturated/α-hetero) is 1. The highest BCUT2D eigenvalue weighted by atomic mass is 16.5. The van der Waals surface area contributed by atoms with Gasteiger partial charge in [-0.05, 0) is 20.8 Å². The van der Waals surface area contributed by atoms with Gasteiger partial charge in [0, 0.05) is 0 Å². The Morgan fingerprint density at radius 1 is 1.54 bits per heavy atom. The van der Waals surface area contributed by atoms with E-state index < -0.39 is 11.9 Å². The molecule has 0 saturated carbocycles. The largest absolute Gasteiger partial charge is 0.488 e. The molecule has 13 heavy (non-hydrogen) atoms. The molecule has 0 aliphatic carbocycles. The molecule has 0 amide bonds. The third-order valence-corrected chi connectivity index (χ3v) is 1.83. The van der Waals surface area contributed by atoms with Crippen molar-refractivity contribution >= 4 is 11.5 Å². The number of ether oxygens (including phenoxy) is 1. The van der Waals surface area contributed by atoms with E-state index in [1.165, 1.54) is 0 Å². The van der Waals surface area contributed by atoms with E-state index in [0.29, 0.717) is 18.0 Å². The number of hydrogen-bond acceptors (Lipinski definition) is 4. The van der Waals surface area contributed by atoms with Gasteiger partial charge in [0.2, 0.25) is 5.78 Å². The van der Waals surface area contributed by atoms with E-state index in [1.54, 1.807) is 20.8 Å². The maximum atomic E-state index is 11.4. The summed E-state index contributed by atoms with van der Waals surface area (Å²) in [5, 5.41) is 9.37. The Morgan fingerprint density at radius 2 is 2.15 bits per heavy atom. The average molecular weight is 183 g/mol. The minimum Gasteiger partial charge on any atom is -0.488 e. The standard InChI is InChI=1S/C9H13NO3/c1-4-13-9-6(3)10-5(2)7(11)8(9)12/h7,11H,4H2,1-3H3. The lowest BCUT2D eigenvalue weighted by Gasteiger charge is -2.18. The van der Waals surface area contributed by atoms with Gasteiger partial charge in [-0.3, -0.25) is 9.79 Å². The molecule has 0 fully saturated rings. The van der Waals surface area contributed by atoms with Crippen molar-refractivity contribution in [3.8, 4) is 0 Å². The highest BCUT2D eigenvalue weighted by molar-refractivity contribution is 6.15. The molecule has 0 radical (unpaired) electrons. The van der Waals surface area contributed by atoms with Gasteiger partial charge in [0.1, 0.15) is 0 Å². The fourth-order valence-electron chi connectivity index (χ4n) is 1.19. The van der Waals surface area contributed by atoms with Crippen LogP contribution in [0, 0.1) is 0 Å². The van der Waals surface area contributed by atoms with E-state index in [-0.39, 0.29) is 5.76 Å². The highest BCUT2D eigenvalue weighted by Gasteiger charge is 2.29. The molecule has 4 nitrogen and oxygen atoms in total. The Hall–Kier alpha value is -1.16. The third kappa shape index (κ3) is 1.78. The Bertz CT molecular complexity index is 291. The van der Waals surface area contributed by atoms with Crippen LogP contribution in [-0.2, 0) is 9.53 Å². The maximum Gasteiger partial charge on any atom is 0.233 e. The molecule has 72 valence electrons. The molecule has 1 atom stereocenters. The van der Waals surface area contributed by atoms with Gasteiger partial charge < -0.3 is 9.84 Å². The molecule has 1 heterocycles. The van der Waals surface area contributed by atoms with Crippen LogP contribution < -0.4 is 0 Å². The summed E-state index contributed by atoms with van der Waals surface area (Å²) in [6, 6.07) is 0. The number of ketones is 1. The van der Waals surface area contributed by atoms with Crippen LogP contribution in [0.1, 0.15) is 20.8 Å². The fourth-order valence-corrected chi connectivity index (χ4v) is 1.19. The first-order valence-electron chi connectivity index (χ1n) is 4.19. The molecule has 1 aliphatic rings. The second kappa shape index (κ2) is 3.70. The lowest BCUT2D eigenvalue weighted by molar-refractivity contribution is -0.124. The highest BCUT2D eigenvalue weighted by Crippen LogP contribution is 2.17. The molecule has 0 bridgehead atoms. The number of allylic oxidation sites excluding steroid dienone is 1. The Balaban J connectivity index is 3.02. The van der Waals surface area contributed by atoms with Gasteiger partial charge in [0.15, 0.2) is 11.9 Å². The second-order valence-corrected chi connectivity index (χ2v) is 2.87. The van der Waals surface area contributed by atoms with Crippen molar-refractivity contribution in [2.75, 3.05) is 6.61 Å². The number of aliphatic hydroxyl groups excluding tert-OH is 1. The Morgan fingerprint density at radius 3 is 2.69 bits per heavy atom. The number of rotatable bonds is 2. The van der Waals surface area contributed by atoms with Crippen molar-refractivity contribution < 1.29 is 14.6 Å². The van der Waals surface area contributed by atoms with Crippen molar-refractivity contribution in [2.24, 2.45) is 4.99 Å². The van der Waals surface area contributed by atoms with E-state index in [4.69, 9.17) is 4.74 Å². The van der Waals surface area contributed by atoms with E-state index in [1.807, 2.05) is 0 Å². The van der Waals surface area contributed by atoms with Gasteiger partial charge in [-0.2, -0.15) is 0 Å². The Labute approximate surface area is 76.9 Å². The normalized spacial score (nSPS) is 23.2. The van der Waals surface area contributed by atoms with Gasteiger partial charge in [0.25, 0.3) is 0 Å². The van der Waals surface area contributed by atoms with E-state index in [9.17, 15) is 9.90 Å². The molecular weight excluding hydrogens is 170 g/mol. The number of aliphatic hydroxyl groups is 1. The molecule has 1 unspecified atom stereocenters. The van der Waals surface area contributed by atoms with Gasteiger partial charge in [-0.25, -0.2) is 0 Å². The molecule has 0 aromatic rings. The molecule has 1 rings (SSSR count). The van der Waals surface area contributed by atoms with E-state index in [2.05, 4.69) is 4.99 Å².